The molecule has 0 saturated carbocycles. The van der Waals surface area contributed by atoms with Crippen LogP contribution >= 0.6 is 11.3 Å². The van der Waals surface area contributed by atoms with Crippen molar-refractivity contribution >= 4 is 23.2 Å². The largest absolute Gasteiger partial charge is 0.333 e. The lowest BCUT2D eigenvalue weighted by atomic mass is 10.2. The van der Waals surface area contributed by atoms with Crippen LogP contribution in [0.2, 0.25) is 0 Å². The number of thiophene rings is 1. The summed E-state index contributed by atoms with van der Waals surface area (Å²) in [5, 5.41) is 0. The molecule has 1 aliphatic heterocycles. The Morgan fingerprint density at radius 1 is 1.25 bits per heavy atom. The van der Waals surface area contributed by atoms with Crippen LogP contribution in [0.15, 0.2) is 12.1 Å². The number of hydrogen-bond donors (Lipinski definition) is 1. The Bertz CT molecular complexity index is 570. The van der Waals surface area contributed by atoms with Crippen LogP contribution in [0.5, 0.6) is 0 Å². The number of nitrogens with zero attached hydrogens (tertiary/aromatic N) is 2. The van der Waals surface area contributed by atoms with Crippen LogP contribution in [-0.4, -0.2) is 47.8 Å². The summed E-state index contributed by atoms with van der Waals surface area (Å²) in [5.41, 5.74) is 5.33. The molecule has 0 bridgehead atoms. The van der Waals surface area contributed by atoms with E-state index in [2.05, 4.69) is 11.8 Å². The van der Waals surface area contributed by atoms with E-state index in [1.165, 1.54) is 11.3 Å². The van der Waals surface area contributed by atoms with E-state index in [1.807, 2.05) is 19.1 Å². The molecule has 2 heterocycles. The van der Waals surface area contributed by atoms with Crippen molar-refractivity contribution < 1.29 is 9.59 Å². The first-order valence-electron chi connectivity index (χ1n) is 6.51. The van der Waals surface area contributed by atoms with Gasteiger partial charge in [0.05, 0.1) is 18.0 Å². The van der Waals surface area contributed by atoms with E-state index in [0.29, 0.717) is 32.7 Å². The minimum absolute atomic E-state index is 0.333. The first-order chi connectivity index (χ1) is 9.65. The second kappa shape index (κ2) is 6.55. The van der Waals surface area contributed by atoms with Crippen LogP contribution in [0.4, 0.5) is 0 Å². The number of nitrogens with two attached hydrogens (primary N) is 1. The Balaban J connectivity index is 2.02. The van der Waals surface area contributed by atoms with Crippen LogP contribution < -0.4 is 5.73 Å². The third kappa shape index (κ3) is 3.18. The molecule has 106 valence electrons. The van der Waals surface area contributed by atoms with Gasteiger partial charge in [0.1, 0.15) is 0 Å². The van der Waals surface area contributed by atoms with Crippen LogP contribution in [-0.2, 0) is 16.1 Å². The molecule has 0 radical (unpaired) electrons. The molecule has 5 nitrogen and oxygen atoms in total. The summed E-state index contributed by atoms with van der Waals surface area (Å²) in [6.07, 6.45) is 0. The van der Waals surface area contributed by atoms with Gasteiger partial charge in [-0.15, -0.1) is 11.3 Å². The molecule has 20 heavy (non-hydrogen) atoms. The summed E-state index contributed by atoms with van der Waals surface area (Å²) in [4.78, 5) is 28.9. The summed E-state index contributed by atoms with van der Waals surface area (Å²) in [6, 6.07) is 3.85. The van der Waals surface area contributed by atoms with Gasteiger partial charge >= 0.3 is 11.8 Å². The van der Waals surface area contributed by atoms with Crippen molar-refractivity contribution in [1.29, 1.82) is 0 Å². The van der Waals surface area contributed by atoms with Gasteiger partial charge < -0.3 is 15.5 Å². The van der Waals surface area contributed by atoms with E-state index in [1.54, 1.807) is 9.80 Å². The lowest BCUT2D eigenvalue weighted by Crippen LogP contribution is -2.53. The lowest BCUT2D eigenvalue weighted by Gasteiger charge is -2.32. The highest BCUT2D eigenvalue weighted by Gasteiger charge is 2.31. The first-order valence-corrected chi connectivity index (χ1v) is 7.33. The van der Waals surface area contributed by atoms with Crippen molar-refractivity contribution in [3.8, 4) is 11.8 Å². The molecule has 1 fully saturated rings. The van der Waals surface area contributed by atoms with Gasteiger partial charge in [0.25, 0.3) is 0 Å². The zero-order valence-corrected chi connectivity index (χ0v) is 12.2. The molecule has 1 aromatic heterocycles. The lowest BCUT2D eigenvalue weighted by molar-refractivity contribution is -0.156. The van der Waals surface area contributed by atoms with E-state index in [9.17, 15) is 9.59 Å². The van der Waals surface area contributed by atoms with E-state index in [0.717, 1.165) is 9.75 Å². The predicted molar refractivity (Wildman–Crippen MR) is 77.9 cm³/mol. The molecule has 2 rings (SSSR count). The Morgan fingerprint density at radius 2 is 1.95 bits per heavy atom. The molecule has 1 saturated heterocycles. The Labute approximate surface area is 122 Å². The van der Waals surface area contributed by atoms with Gasteiger partial charge in [-0.05, 0) is 19.1 Å². The second-order valence-corrected chi connectivity index (χ2v) is 5.55. The number of rotatable bonds is 3. The molecule has 6 heteroatoms. The third-order valence-corrected chi connectivity index (χ3v) is 4.09. The number of likely N-dealkylation sites (N-methyl/N-ethyl adjacent to an activating group) is 1. The maximum absolute atomic E-state index is 12.0. The van der Waals surface area contributed by atoms with Crippen molar-refractivity contribution in [3.63, 3.8) is 0 Å². The van der Waals surface area contributed by atoms with E-state index < -0.39 is 11.8 Å². The SMILES string of the molecule is CCN1CCN(Cc2ccc(C#CCN)s2)C(=O)C1=O. The number of carbonyl (C=O) groups excluding carboxylic acids is 2. The predicted octanol–water partition coefficient (Wildman–Crippen LogP) is 0.249. The fourth-order valence-electron chi connectivity index (χ4n) is 2.02. The minimum atomic E-state index is -0.416. The first kappa shape index (κ1) is 14.6. The molecule has 0 aliphatic carbocycles. The summed E-state index contributed by atoms with van der Waals surface area (Å²) in [6.45, 7) is 4.45. The Hall–Kier alpha value is -1.84. The molecule has 2 amide bonds. The van der Waals surface area contributed by atoms with Gasteiger partial charge in [-0.3, -0.25) is 9.59 Å². The monoisotopic (exact) mass is 291 g/mol. The van der Waals surface area contributed by atoms with Gasteiger partial charge in [-0.25, -0.2) is 0 Å². The highest BCUT2D eigenvalue weighted by molar-refractivity contribution is 7.12. The van der Waals surface area contributed by atoms with E-state index in [-0.39, 0.29) is 0 Å². The zero-order valence-electron chi connectivity index (χ0n) is 11.4. The number of carbonyl (C=O) groups is 2. The van der Waals surface area contributed by atoms with Crippen LogP contribution in [0, 0.1) is 11.8 Å². The van der Waals surface area contributed by atoms with Crippen molar-refractivity contribution in [3.05, 3.63) is 21.9 Å². The van der Waals surface area contributed by atoms with E-state index in [4.69, 9.17) is 5.73 Å². The third-order valence-electron chi connectivity index (χ3n) is 3.10. The minimum Gasteiger partial charge on any atom is -0.333 e. The smallest absolute Gasteiger partial charge is 0.312 e. The fourth-order valence-corrected chi connectivity index (χ4v) is 2.92. The van der Waals surface area contributed by atoms with Gasteiger partial charge in [-0.2, -0.15) is 0 Å². The summed E-state index contributed by atoms with van der Waals surface area (Å²) < 4.78 is 0. The molecule has 0 unspecified atom stereocenters. The second-order valence-electron chi connectivity index (χ2n) is 4.38. The van der Waals surface area contributed by atoms with Crippen molar-refractivity contribution in [2.45, 2.75) is 13.5 Å². The van der Waals surface area contributed by atoms with Gasteiger partial charge in [-0.1, -0.05) is 11.8 Å². The van der Waals surface area contributed by atoms with Gasteiger partial charge in [0, 0.05) is 24.5 Å². The van der Waals surface area contributed by atoms with E-state index >= 15 is 0 Å². The van der Waals surface area contributed by atoms with Crippen molar-refractivity contribution in [2.24, 2.45) is 5.73 Å². The molecular weight excluding hydrogens is 274 g/mol. The zero-order chi connectivity index (χ0) is 14.5. The molecule has 1 aliphatic rings. The number of hydrogen-bond acceptors (Lipinski definition) is 4. The number of piperazine rings is 1. The van der Waals surface area contributed by atoms with Gasteiger partial charge in [0.15, 0.2) is 0 Å². The fraction of sp³-hybridized carbons (Fsp3) is 0.429. The normalized spacial score (nSPS) is 15.3. The quantitative estimate of drug-likeness (QED) is 0.641. The number of amides is 2. The molecule has 2 N–H and O–H groups in total. The van der Waals surface area contributed by atoms with Crippen LogP contribution in [0.25, 0.3) is 0 Å². The average molecular weight is 291 g/mol. The summed E-state index contributed by atoms with van der Waals surface area (Å²) in [5.74, 6) is 4.94. The van der Waals surface area contributed by atoms with Crippen LogP contribution in [0.3, 0.4) is 0 Å². The molecule has 0 spiro atoms. The van der Waals surface area contributed by atoms with Gasteiger partial charge in [0.2, 0.25) is 0 Å². The molecule has 1 aromatic rings. The summed E-state index contributed by atoms with van der Waals surface area (Å²) in [7, 11) is 0. The van der Waals surface area contributed by atoms with Crippen LogP contribution in [0.1, 0.15) is 16.7 Å². The Kier molecular flexibility index (Phi) is 4.77. The maximum Gasteiger partial charge on any atom is 0.312 e. The highest BCUT2D eigenvalue weighted by atomic mass is 32.1. The highest BCUT2D eigenvalue weighted by Crippen LogP contribution is 2.19. The molecular formula is C14H17N3O2S. The maximum atomic E-state index is 12.0. The molecule has 0 aromatic carbocycles. The molecule has 0 atom stereocenters. The average Bonchev–Trinajstić information content (AvgIpc) is 2.89. The van der Waals surface area contributed by atoms with Crippen molar-refractivity contribution in [1.82, 2.24) is 9.80 Å². The standard InChI is InChI=1S/C14H17N3O2S/c1-2-16-8-9-17(14(19)13(16)18)10-12-6-5-11(20-12)4-3-7-15/h5-6H,2,7-10,15H2,1H3. The summed E-state index contributed by atoms with van der Waals surface area (Å²) >= 11 is 1.53. The van der Waals surface area contributed by atoms with Crippen molar-refractivity contribution in [2.75, 3.05) is 26.2 Å². The topological polar surface area (TPSA) is 66.6 Å². The Morgan fingerprint density at radius 3 is 2.65 bits per heavy atom.